The molecule has 0 radical (unpaired) electrons. The second-order valence-electron chi connectivity index (χ2n) is 19.8. The molecule has 0 unspecified atom stereocenters. The van der Waals surface area contributed by atoms with Gasteiger partial charge in [0.15, 0.2) is 0 Å². The van der Waals surface area contributed by atoms with Gasteiger partial charge >= 0.3 is 0 Å². The first-order valence-electron chi connectivity index (χ1n) is 24.9. The molecule has 2 aromatic rings. The Labute approximate surface area is 342 Å². The van der Waals surface area contributed by atoms with Crippen LogP contribution in [0.5, 0.6) is 0 Å². The van der Waals surface area contributed by atoms with Crippen molar-refractivity contribution in [3.05, 3.63) is 59.2 Å². The van der Waals surface area contributed by atoms with Gasteiger partial charge in [0.2, 0.25) is 0 Å². The molecule has 0 aromatic carbocycles. The van der Waals surface area contributed by atoms with E-state index >= 15 is 0 Å². The molecule has 2 aromatic heterocycles. The Morgan fingerprint density at radius 3 is 0.982 bits per heavy atom. The zero-order valence-corrected chi connectivity index (χ0v) is 36.9. The van der Waals surface area contributed by atoms with Crippen molar-refractivity contribution in [1.29, 1.82) is 0 Å². The Balaban J connectivity index is 0.000000211. The molecule has 2 nitrogen and oxygen atoms in total. The summed E-state index contributed by atoms with van der Waals surface area (Å²) in [4.78, 5) is 9.41. The first-order valence-corrected chi connectivity index (χ1v) is 24.9. The topological polar surface area (TPSA) is 25.8 Å². The lowest BCUT2D eigenvalue weighted by Crippen LogP contribution is -2.18. The maximum atomic E-state index is 4.72. The molecule has 6 rings (SSSR count). The van der Waals surface area contributed by atoms with Crippen molar-refractivity contribution in [2.45, 2.75) is 227 Å². The SMILES string of the molecule is CCCCc1ccc(CCC2CCC(CCC3CCC(CC)CC3)CC2)nc1.CCCc1ccc(CCC2CCC(CCC3CCC(CC)CC3)CC2)nc1. The van der Waals surface area contributed by atoms with Crippen LogP contribution in [-0.2, 0) is 25.7 Å². The van der Waals surface area contributed by atoms with E-state index in [1.54, 1.807) is 0 Å². The lowest BCUT2D eigenvalue weighted by Gasteiger charge is -2.31. The lowest BCUT2D eigenvalue weighted by atomic mass is 9.74. The molecule has 0 atom stereocenters. The Kier molecular flexibility index (Phi) is 20.7. The minimum Gasteiger partial charge on any atom is -0.261 e. The summed E-state index contributed by atoms with van der Waals surface area (Å²) < 4.78 is 0. The Bertz CT molecular complexity index is 1220. The standard InChI is InChI=1S/C27H45N.C26H43N/c1-3-5-6-26-18-20-27(28-21-26)19-17-25-15-13-24(14-16-25)12-11-23-9-7-22(4-2)8-10-23;1-3-5-25-17-19-26(27-20-25)18-16-24-14-12-23(13-15-24)11-10-22-8-6-21(4-2)7-9-22/h18,20-25H,3-17,19H2,1-2H3;17,19-24H,3-16,18H2,1-2H3. The van der Waals surface area contributed by atoms with Gasteiger partial charge in [-0.25, -0.2) is 0 Å². The number of nitrogens with zero attached hydrogens (tertiary/aromatic N) is 2. The molecule has 4 aliphatic rings. The van der Waals surface area contributed by atoms with Gasteiger partial charge in [0.25, 0.3) is 0 Å². The van der Waals surface area contributed by atoms with E-state index < -0.39 is 0 Å². The van der Waals surface area contributed by atoms with E-state index in [4.69, 9.17) is 4.98 Å². The highest BCUT2D eigenvalue weighted by Gasteiger charge is 2.26. The molecule has 310 valence electrons. The summed E-state index contributed by atoms with van der Waals surface area (Å²) in [6.45, 7) is 9.25. The van der Waals surface area contributed by atoms with Crippen LogP contribution in [0, 0.1) is 47.3 Å². The second-order valence-corrected chi connectivity index (χ2v) is 19.8. The van der Waals surface area contributed by atoms with E-state index in [1.807, 2.05) is 0 Å². The van der Waals surface area contributed by atoms with Crippen LogP contribution in [0.3, 0.4) is 0 Å². The number of aryl methyl sites for hydroxylation is 4. The third-order valence-electron chi connectivity index (χ3n) is 15.7. The third kappa shape index (κ3) is 16.6. The van der Waals surface area contributed by atoms with Gasteiger partial charge in [0, 0.05) is 23.8 Å². The zero-order valence-electron chi connectivity index (χ0n) is 36.9. The third-order valence-corrected chi connectivity index (χ3v) is 15.7. The van der Waals surface area contributed by atoms with Gasteiger partial charge in [-0.3, -0.25) is 9.97 Å². The van der Waals surface area contributed by atoms with E-state index in [1.165, 1.54) is 215 Å². The zero-order chi connectivity index (χ0) is 38.5. The molecular formula is C53H88N2. The number of hydrogen-bond acceptors (Lipinski definition) is 2. The number of hydrogen-bond donors (Lipinski definition) is 0. The predicted octanol–water partition coefficient (Wildman–Crippen LogP) is 15.9. The number of pyridine rings is 2. The van der Waals surface area contributed by atoms with Crippen molar-refractivity contribution in [2.75, 3.05) is 0 Å². The largest absolute Gasteiger partial charge is 0.261 e. The van der Waals surface area contributed by atoms with E-state index in [-0.39, 0.29) is 0 Å². The summed E-state index contributed by atoms with van der Waals surface area (Å²) in [6, 6.07) is 9.15. The monoisotopic (exact) mass is 753 g/mol. The molecule has 2 heterocycles. The van der Waals surface area contributed by atoms with Crippen molar-refractivity contribution in [3.63, 3.8) is 0 Å². The van der Waals surface area contributed by atoms with Gasteiger partial charge in [-0.2, -0.15) is 0 Å². The van der Waals surface area contributed by atoms with Gasteiger partial charge in [-0.15, -0.1) is 0 Å². The fraction of sp³-hybridized carbons (Fsp3) is 0.811. The summed E-state index contributed by atoms with van der Waals surface area (Å²) in [5.41, 5.74) is 5.42. The Hall–Kier alpha value is -1.70. The van der Waals surface area contributed by atoms with Gasteiger partial charge in [0.1, 0.15) is 0 Å². The van der Waals surface area contributed by atoms with E-state index in [0.29, 0.717) is 0 Å². The molecule has 2 heteroatoms. The molecule has 0 amide bonds. The van der Waals surface area contributed by atoms with Crippen LogP contribution in [-0.4, -0.2) is 9.97 Å². The molecule has 0 saturated heterocycles. The average Bonchev–Trinajstić information content (AvgIpc) is 3.25. The van der Waals surface area contributed by atoms with Crippen LogP contribution in [0.1, 0.15) is 224 Å². The molecule has 0 bridgehead atoms. The molecule has 0 N–H and O–H groups in total. The molecular weight excluding hydrogens is 665 g/mol. The van der Waals surface area contributed by atoms with Crippen LogP contribution in [0.25, 0.3) is 0 Å². The Morgan fingerprint density at radius 1 is 0.364 bits per heavy atom. The first kappa shape index (κ1) is 44.4. The van der Waals surface area contributed by atoms with Crippen molar-refractivity contribution < 1.29 is 0 Å². The lowest BCUT2D eigenvalue weighted by molar-refractivity contribution is 0.211. The normalized spacial score (nSPS) is 28.7. The van der Waals surface area contributed by atoms with Crippen molar-refractivity contribution in [3.8, 4) is 0 Å². The average molecular weight is 753 g/mol. The van der Waals surface area contributed by atoms with Gasteiger partial charge in [-0.1, -0.05) is 194 Å². The van der Waals surface area contributed by atoms with Crippen LogP contribution < -0.4 is 0 Å². The summed E-state index contributed by atoms with van der Waals surface area (Å²) in [5, 5.41) is 0. The first-order chi connectivity index (χ1) is 27.0. The minimum atomic E-state index is 0.956. The maximum absolute atomic E-state index is 4.72. The fourth-order valence-corrected chi connectivity index (χ4v) is 11.3. The number of aromatic nitrogens is 2. The summed E-state index contributed by atoms with van der Waals surface area (Å²) >= 11 is 0. The second kappa shape index (κ2) is 25.6. The van der Waals surface area contributed by atoms with Crippen molar-refractivity contribution >= 4 is 0 Å². The molecule has 55 heavy (non-hydrogen) atoms. The van der Waals surface area contributed by atoms with Gasteiger partial charge < -0.3 is 0 Å². The number of unbranched alkanes of at least 4 members (excludes halogenated alkanes) is 1. The molecule has 0 aliphatic heterocycles. The predicted molar refractivity (Wildman–Crippen MR) is 239 cm³/mol. The molecule has 4 aliphatic carbocycles. The summed E-state index contributed by atoms with van der Waals surface area (Å²) in [7, 11) is 0. The number of rotatable bonds is 19. The van der Waals surface area contributed by atoms with Crippen LogP contribution in [0.15, 0.2) is 36.7 Å². The van der Waals surface area contributed by atoms with Gasteiger partial charge in [-0.05, 0) is 116 Å². The minimum absolute atomic E-state index is 0.956. The molecule has 4 fully saturated rings. The molecule has 4 saturated carbocycles. The smallest absolute Gasteiger partial charge is 0.0403 e. The summed E-state index contributed by atoms with van der Waals surface area (Å²) in [6.07, 6.45) is 48.4. The summed E-state index contributed by atoms with van der Waals surface area (Å²) in [5.74, 6) is 8.21. The quantitative estimate of drug-likeness (QED) is 0.143. The van der Waals surface area contributed by atoms with Gasteiger partial charge in [0.05, 0.1) is 0 Å². The Morgan fingerprint density at radius 2 is 0.691 bits per heavy atom. The van der Waals surface area contributed by atoms with Crippen molar-refractivity contribution in [1.82, 2.24) is 9.97 Å². The highest BCUT2D eigenvalue weighted by molar-refractivity contribution is 5.15. The molecule has 0 spiro atoms. The van der Waals surface area contributed by atoms with E-state index in [9.17, 15) is 0 Å². The van der Waals surface area contributed by atoms with E-state index in [0.717, 1.165) is 53.8 Å². The van der Waals surface area contributed by atoms with Crippen molar-refractivity contribution in [2.24, 2.45) is 47.3 Å². The van der Waals surface area contributed by atoms with Crippen LogP contribution >= 0.6 is 0 Å². The van der Waals surface area contributed by atoms with Crippen LogP contribution in [0.2, 0.25) is 0 Å². The maximum Gasteiger partial charge on any atom is 0.0403 e. The highest BCUT2D eigenvalue weighted by Crippen LogP contribution is 2.40. The van der Waals surface area contributed by atoms with Crippen LogP contribution in [0.4, 0.5) is 0 Å². The fourth-order valence-electron chi connectivity index (χ4n) is 11.3. The van der Waals surface area contributed by atoms with E-state index in [2.05, 4.69) is 69.3 Å². The highest BCUT2D eigenvalue weighted by atomic mass is 14.7.